The normalized spacial score (nSPS) is 9.71. The topological polar surface area (TPSA) is 41.1 Å². The molecule has 0 unspecified atom stereocenters. The number of hydrogen-bond acceptors (Lipinski definition) is 1. The molecule has 2 aromatic rings. The molecule has 0 fully saturated rings. The van der Waals surface area contributed by atoms with Crippen molar-refractivity contribution in [3.05, 3.63) is 60.2 Å². The van der Waals surface area contributed by atoms with Crippen molar-refractivity contribution in [2.75, 3.05) is 10.6 Å². The van der Waals surface area contributed by atoms with E-state index in [0.717, 1.165) is 11.4 Å². The quantitative estimate of drug-likeness (QED) is 0.800. The van der Waals surface area contributed by atoms with Crippen LogP contribution in [0, 0.1) is 6.92 Å². The Hall–Kier alpha value is -2.29. The molecular weight excluding hydrogens is 212 g/mol. The standard InChI is InChI=1S/C14H14N2O.2H2/c1-11-7-9-13(10-8-11)16-14(17)15-12-5-3-2-4-6-12;;/h2-10H,1H3,(H2,15,16,17);2*1H. The second kappa shape index (κ2) is 5.16. The first-order chi connectivity index (χ1) is 8.24. The van der Waals surface area contributed by atoms with E-state index in [-0.39, 0.29) is 8.88 Å². The highest BCUT2D eigenvalue weighted by Crippen LogP contribution is 2.10. The Morgan fingerprint density at radius 2 is 1.41 bits per heavy atom. The maximum atomic E-state index is 11.6. The van der Waals surface area contributed by atoms with E-state index in [1.165, 1.54) is 5.56 Å². The molecule has 0 aliphatic rings. The Morgan fingerprint density at radius 1 is 0.882 bits per heavy atom. The van der Waals surface area contributed by atoms with Crippen LogP contribution in [0.15, 0.2) is 54.6 Å². The zero-order valence-corrected chi connectivity index (χ0v) is 9.60. The molecule has 0 spiro atoms. The molecule has 3 heteroatoms. The first-order valence-electron chi connectivity index (χ1n) is 5.44. The second-order valence-corrected chi connectivity index (χ2v) is 3.81. The Balaban J connectivity index is 0.00000162. The largest absolute Gasteiger partial charge is 0.323 e. The Morgan fingerprint density at radius 3 is 2.00 bits per heavy atom. The van der Waals surface area contributed by atoms with E-state index >= 15 is 0 Å². The van der Waals surface area contributed by atoms with Gasteiger partial charge in [-0.1, -0.05) is 35.9 Å². The smallest absolute Gasteiger partial charge is 0.308 e. The number of amides is 2. The summed E-state index contributed by atoms with van der Waals surface area (Å²) >= 11 is 0. The summed E-state index contributed by atoms with van der Waals surface area (Å²) in [7, 11) is 0. The number of hydrogen-bond donors (Lipinski definition) is 2. The average molecular weight is 230 g/mol. The van der Waals surface area contributed by atoms with E-state index in [2.05, 4.69) is 10.6 Å². The van der Waals surface area contributed by atoms with Gasteiger partial charge in [-0.2, -0.15) is 0 Å². The number of carbonyl (C=O) groups excluding carboxylic acids is 1. The maximum absolute atomic E-state index is 11.6. The molecule has 2 aromatic carbocycles. The van der Waals surface area contributed by atoms with Gasteiger partial charge < -0.3 is 10.6 Å². The van der Waals surface area contributed by atoms with Gasteiger partial charge in [0, 0.05) is 14.2 Å². The van der Waals surface area contributed by atoms with Gasteiger partial charge >= 0.3 is 6.03 Å². The SMILES string of the molecule is Cc1ccc(NC(=O)Nc2ccccc2)cc1.[HH].[HH]. The molecule has 0 radical (unpaired) electrons. The highest BCUT2D eigenvalue weighted by atomic mass is 16.2. The van der Waals surface area contributed by atoms with Crippen molar-refractivity contribution < 1.29 is 7.65 Å². The molecule has 0 saturated heterocycles. The Bertz CT molecular complexity index is 501. The predicted molar refractivity (Wildman–Crippen MR) is 74.5 cm³/mol. The highest BCUT2D eigenvalue weighted by molar-refractivity contribution is 5.99. The van der Waals surface area contributed by atoms with E-state index in [9.17, 15) is 4.79 Å². The first kappa shape index (κ1) is 11.2. The van der Waals surface area contributed by atoms with Crippen LogP contribution < -0.4 is 10.6 Å². The lowest BCUT2D eigenvalue weighted by molar-refractivity contribution is 0.262. The molecule has 0 atom stereocenters. The summed E-state index contributed by atoms with van der Waals surface area (Å²) < 4.78 is 0. The van der Waals surface area contributed by atoms with E-state index in [0.29, 0.717) is 0 Å². The fraction of sp³-hybridized carbons (Fsp3) is 0.0714. The average Bonchev–Trinajstić information content (AvgIpc) is 2.33. The molecule has 2 amide bonds. The van der Waals surface area contributed by atoms with Crippen LogP contribution in [-0.2, 0) is 0 Å². The molecule has 0 bridgehead atoms. The van der Waals surface area contributed by atoms with E-state index in [1.54, 1.807) is 0 Å². The van der Waals surface area contributed by atoms with Crippen LogP contribution >= 0.6 is 0 Å². The highest BCUT2D eigenvalue weighted by Gasteiger charge is 2.01. The van der Waals surface area contributed by atoms with Gasteiger partial charge in [-0.25, -0.2) is 4.79 Å². The maximum Gasteiger partial charge on any atom is 0.323 e. The van der Waals surface area contributed by atoms with Crippen LogP contribution in [-0.4, -0.2) is 6.03 Å². The van der Waals surface area contributed by atoms with Gasteiger partial charge in [0.15, 0.2) is 0 Å². The molecule has 2 N–H and O–H groups in total. The molecule has 0 heterocycles. The zero-order chi connectivity index (χ0) is 12.1. The number of carbonyl (C=O) groups is 1. The summed E-state index contributed by atoms with van der Waals surface area (Å²) in [5.74, 6) is 0. The van der Waals surface area contributed by atoms with Crippen LogP contribution in [0.2, 0.25) is 0 Å². The van der Waals surface area contributed by atoms with Crippen molar-refractivity contribution >= 4 is 17.4 Å². The molecule has 90 valence electrons. The molecule has 0 aliphatic heterocycles. The minimum absolute atomic E-state index is 0. The number of para-hydroxylation sites is 1. The lowest BCUT2D eigenvalue weighted by Gasteiger charge is -2.07. The van der Waals surface area contributed by atoms with E-state index in [4.69, 9.17) is 0 Å². The van der Waals surface area contributed by atoms with Crippen molar-refractivity contribution in [3.8, 4) is 0 Å². The molecule has 0 aromatic heterocycles. The summed E-state index contributed by atoms with van der Waals surface area (Å²) in [6.45, 7) is 2.01. The summed E-state index contributed by atoms with van der Waals surface area (Å²) in [4.78, 5) is 11.6. The minimum Gasteiger partial charge on any atom is -0.308 e. The number of rotatable bonds is 2. The molecule has 3 nitrogen and oxygen atoms in total. The number of benzene rings is 2. The van der Waals surface area contributed by atoms with Gasteiger partial charge in [0.2, 0.25) is 0 Å². The molecule has 0 saturated carbocycles. The first-order valence-corrected chi connectivity index (χ1v) is 5.44. The minimum atomic E-state index is -0.236. The molecular formula is C14H18N2O. The van der Waals surface area contributed by atoms with Gasteiger partial charge in [-0.05, 0) is 31.2 Å². The van der Waals surface area contributed by atoms with Gasteiger partial charge in [0.05, 0.1) is 0 Å². The van der Waals surface area contributed by atoms with E-state index < -0.39 is 0 Å². The molecule has 2 rings (SSSR count). The van der Waals surface area contributed by atoms with E-state index in [1.807, 2.05) is 61.5 Å². The van der Waals surface area contributed by atoms with Crippen molar-refractivity contribution in [3.63, 3.8) is 0 Å². The van der Waals surface area contributed by atoms with Gasteiger partial charge in [-0.15, -0.1) is 0 Å². The summed E-state index contributed by atoms with van der Waals surface area (Å²) in [5, 5.41) is 5.52. The Kier molecular flexibility index (Phi) is 3.40. The second-order valence-electron chi connectivity index (χ2n) is 3.81. The molecule has 0 aliphatic carbocycles. The summed E-state index contributed by atoms with van der Waals surface area (Å²) in [6.07, 6.45) is 0. The lowest BCUT2D eigenvalue weighted by Crippen LogP contribution is -2.19. The molecule has 17 heavy (non-hydrogen) atoms. The fourth-order valence-corrected chi connectivity index (χ4v) is 1.45. The zero-order valence-electron chi connectivity index (χ0n) is 9.60. The van der Waals surface area contributed by atoms with Crippen molar-refractivity contribution in [1.29, 1.82) is 0 Å². The third kappa shape index (κ3) is 3.34. The summed E-state index contributed by atoms with van der Waals surface area (Å²) in [6, 6.07) is 16.8. The third-order valence-corrected chi connectivity index (χ3v) is 2.34. The van der Waals surface area contributed by atoms with Crippen LogP contribution in [0.4, 0.5) is 16.2 Å². The lowest BCUT2D eigenvalue weighted by atomic mass is 10.2. The van der Waals surface area contributed by atoms with Crippen molar-refractivity contribution in [1.82, 2.24) is 0 Å². The van der Waals surface area contributed by atoms with Crippen molar-refractivity contribution in [2.45, 2.75) is 6.92 Å². The van der Waals surface area contributed by atoms with Crippen LogP contribution in [0.25, 0.3) is 0 Å². The monoisotopic (exact) mass is 230 g/mol. The van der Waals surface area contributed by atoms with Crippen molar-refractivity contribution in [2.24, 2.45) is 0 Å². The van der Waals surface area contributed by atoms with Gasteiger partial charge in [0.1, 0.15) is 0 Å². The third-order valence-electron chi connectivity index (χ3n) is 2.34. The van der Waals surface area contributed by atoms with Crippen LogP contribution in [0.1, 0.15) is 8.42 Å². The fourth-order valence-electron chi connectivity index (χ4n) is 1.45. The van der Waals surface area contributed by atoms with Crippen LogP contribution in [0.3, 0.4) is 0 Å². The number of nitrogens with one attached hydrogen (secondary N) is 2. The van der Waals surface area contributed by atoms with Gasteiger partial charge in [-0.3, -0.25) is 0 Å². The Labute approximate surface area is 103 Å². The predicted octanol–water partition coefficient (Wildman–Crippen LogP) is 4.13. The number of aryl methyl sites for hydroxylation is 1. The summed E-state index contributed by atoms with van der Waals surface area (Å²) in [5.41, 5.74) is 2.72. The van der Waals surface area contributed by atoms with Crippen LogP contribution in [0.5, 0.6) is 0 Å². The number of anilines is 2. The number of urea groups is 1. The van der Waals surface area contributed by atoms with Gasteiger partial charge in [0.25, 0.3) is 0 Å².